The molecule has 17 nitrogen and oxygen atoms in total. The Morgan fingerprint density at radius 1 is 0.711 bits per heavy atom. The van der Waals surface area contributed by atoms with Crippen molar-refractivity contribution in [2.45, 2.75) is 177 Å². The quantitative estimate of drug-likeness (QED) is 0.0554. The topological polar surface area (TPSA) is 208 Å². The van der Waals surface area contributed by atoms with E-state index in [-0.39, 0.29) is 73.0 Å². The molecule has 2 N–H and O–H groups in total. The lowest BCUT2D eigenvalue weighted by Gasteiger charge is -2.41. The van der Waals surface area contributed by atoms with E-state index in [1.165, 1.54) is 19.1 Å². The molecule has 1 aliphatic heterocycles. The Labute approximate surface area is 453 Å². The number of alkyl carbamates (subject to hydrolysis) is 1. The predicted molar refractivity (Wildman–Crippen MR) is 290 cm³/mol. The summed E-state index contributed by atoms with van der Waals surface area (Å²) < 4.78 is 28.9. The second-order valence-electron chi connectivity index (χ2n) is 22.3. The van der Waals surface area contributed by atoms with Gasteiger partial charge in [0.1, 0.15) is 18.4 Å². The number of Topliss-reactive ketones (excluding diaryl/α,β-unsaturated/α-hetero) is 2. The number of aliphatic hydroxyl groups excluding tert-OH is 1. The van der Waals surface area contributed by atoms with Crippen molar-refractivity contribution in [2.75, 3.05) is 34.9 Å². The molecule has 0 radical (unpaired) electrons. The van der Waals surface area contributed by atoms with Crippen LogP contribution in [0.25, 0.3) is 0 Å². The number of benzene rings is 2. The maximum atomic E-state index is 14.8. The SMILES string of the molecule is CC[C@H](C)[C@@H]([C@@H](CC(=O)N1CCC[C@H]1[C@H](OC)[C@@H](C)C(=O)C[C@H](C)[C@@H](O)c1ccccc1)OC)N(C)C(=O)[C@@H](CC(=O)[C@H](C(C)C)N(C)C(=O)OC(OC(=O)[C@@H](NC(=O)OCc1ccccc1)C(C)C)C(C)C)C(C)C. The van der Waals surface area contributed by atoms with Gasteiger partial charge in [-0.3, -0.25) is 19.2 Å². The molecule has 4 amide bonds. The number of ether oxygens (including phenoxy) is 5. The minimum atomic E-state index is -1.38. The summed E-state index contributed by atoms with van der Waals surface area (Å²) in [5.74, 6) is -5.26. The lowest BCUT2D eigenvalue weighted by atomic mass is 9.83. The summed E-state index contributed by atoms with van der Waals surface area (Å²) in [7, 11) is 6.19. The molecule has 1 heterocycles. The summed E-state index contributed by atoms with van der Waals surface area (Å²) in [5, 5.41) is 13.6. The second kappa shape index (κ2) is 31.1. The van der Waals surface area contributed by atoms with Crippen molar-refractivity contribution in [3.8, 4) is 0 Å². The highest BCUT2D eigenvalue weighted by atomic mass is 16.7. The molecule has 2 aromatic rings. The zero-order chi connectivity index (χ0) is 57.1. The molecule has 0 aromatic heterocycles. The van der Waals surface area contributed by atoms with Gasteiger partial charge in [-0.05, 0) is 53.6 Å². The van der Waals surface area contributed by atoms with Gasteiger partial charge in [-0.1, -0.05) is 150 Å². The van der Waals surface area contributed by atoms with Crippen molar-refractivity contribution in [1.82, 2.24) is 20.0 Å². The van der Waals surface area contributed by atoms with Gasteiger partial charge in [0.15, 0.2) is 5.78 Å². The van der Waals surface area contributed by atoms with Crippen LogP contribution in [-0.4, -0.2) is 139 Å². The van der Waals surface area contributed by atoms with E-state index in [1.807, 2.05) is 90.1 Å². The monoisotopic (exact) mass is 1060 g/mol. The van der Waals surface area contributed by atoms with Crippen molar-refractivity contribution in [3.05, 3.63) is 71.8 Å². The summed E-state index contributed by atoms with van der Waals surface area (Å²) in [6.07, 6.45) is -3.34. The molecule has 0 saturated carbocycles. The Balaban J connectivity index is 1.75. The zero-order valence-electron chi connectivity index (χ0n) is 48.4. The molecular formula is C59H92N4O13. The summed E-state index contributed by atoms with van der Waals surface area (Å²) in [6.45, 7) is 22.3. The van der Waals surface area contributed by atoms with Gasteiger partial charge in [0.25, 0.3) is 6.29 Å². The molecule has 1 saturated heterocycles. The molecule has 76 heavy (non-hydrogen) atoms. The first-order chi connectivity index (χ1) is 35.8. The molecule has 17 heteroatoms. The van der Waals surface area contributed by atoms with Gasteiger partial charge in [0.05, 0.1) is 42.9 Å². The van der Waals surface area contributed by atoms with Crippen molar-refractivity contribution in [3.63, 3.8) is 0 Å². The third-order valence-corrected chi connectivity index (χ3v) is 15.2. The number of nitrogens with zero attached hydrogens (tertiary/aromatic N) is 3. The predicted octanol–water partition coefficient (Wildman–Crippen LogP) is 9.04. The van der Waals surface area contributed by atoms with E-state index in [0.717, 1.165) is 17.5 Å². The van der Waals surface area contributed by atoms with Crippen LogP contribution >= 0.6 is 0 Å². The molecule has 426 valence electrons. The number of ketones is 2. The minimum absolute atomic E-state index is 0.00793. The summed E-state index contributed by atoms with van der Waals surface area (Å²) >= 11 is 0. The van der Waals surface area contributed by atoms with Crippen LogP contribution in [0.3, 0.4) is 0 Å². The van der Waals surface area contributed by atoms with Gasteiger partial charge < -0.3 is 48.8 Å². The average Bonchev–Trinajstić information content (AvgIpc) is 3.87. The fourth-order valence-corrected chi connectivity index (χ4v) is 10.3. The van der Waals surface area contributed by atoms with Crippen molar-refractivity contribution >= 4 is 41.5 Å². The van der Waals surface area contributed by atoms with Crippen LogP contribution in [0, 0.1) is 47.3 Å². The van der Waals surface area contributed by atoms with Gasteiger partial charge >= 0.3 is 18.2 Å². The van der Waals surface area contributed by atoms with E-state index < -0.39 is 90.5 Å². The highest BCUT2D eigenvalue weighted by Gasteiger charge is 2.44. The molecule has 1 fully saturated rings. The number of carbonyl (C=O) groups is 7. The number of methoxy groups -OCH3 is 2. The highest BCUT2D eigenvalue weighted by molar-refractivity contribution is 5.92. The summed E-state index contributed by atoms with van der Waals surface area (Å²) in [6, 6.07) is 15.2. The van der Waals surface area contributed by atoms with Crippen LogP contribution in [0.1, 0.15) is 139 Å². The highest BCUT2D eigenvalue weighted by Crippen LogP contribution is 2.33. The molecule has 1 unspecified atom stereocenters. The number of nitrogens with one attached hydrogen (secondary N) is 1. The van der Waals surface area contributed by atoms with Gasteiger partial charge in [-0.2, -0.15) is 0 Å². The van der Waals surface area contributed by atoms with Crippen molar-refractivity contribution < 1.29 is 62.4 Å². The van der Waals surface area contributed by atoms with Gasteiger partial charge in [0.2, 0.25) is 11.8 Å². The number of hydrogen-bond donors (Lipinski definition) is 2. The number of carbonyl (C=O) groups excluding carboxylic acids is 7. The van der Waals surface area contributed by atoms with Gasteiger partial charge in [-0.15, -0.1) is 0 Å². The Hall–Kier alpha value is -5.39. The number of likely N-dealkylation sites (N-methyl/N-ethyl adjacent to an activating group) is 2. The number of hydrogen-bond acceptors (Lipinski definition) is 13. The third kappa shape index (κ3) is 18.1. The largest absolute Gasteiger partial charge is 0.445 e. The minimum Gasteiger partial charge on any atom is -0.445 e. The number of rotatable bonds is 30. The van der Waals surface area contributed by atoms with Crippen molar-refractivity contribution in [2.24, 2.45) is 47.3 Å². The van der Waals surface area contributed by atoms with Crippen LogP contribution in [0.5, 0.6) is 0 Å². The number of aliphatic hydroxyl groups is 1. The standard InChI is InChI=1S/C59H92N4O13/c1-17-39(10)52(48(72-15)33-49(66)63-30-24-29-45(63)54(73-16)41(12)46(64)31-40(11)53(67)43-27-22-19-23-28-43)61(13)55(68)44(35(2)3)32-47(65)51(37(6)7)62(14)59(71)76-57(38(8)9)75-56(69)50(36(4)5)60-58(70)74-34-42-25-20-18-21-26-42/h18-23,25-28,35-41,44-45,48,50-54,57,67H,17,24,29-34H2,1-16H3,(H,60,70)/t39-,40-,41-,44-,45-,48+,50-,51-,52-,53+,54+,57?/m0/s1. The van der Waals surface area contributed by atoms with Crippen molar-refractivity contribution in [1.29, 1.82) is 0 Å². The van der Waals surface area contributed by atoms with Crippen LogP contribution < -0.4 is 5.32 Å². The second-order valence-corrected chi connectivity index (χ2v) is 22.3. The zero-order valence-corrected chi connectivity index (χ0v) is 48.4. The number of likely N-dealkylation sites (tertiary alicyclic amines) is 1. The Kier molecular flexibility index (Phi) is 26.6. The summed E-state index contributed by atoms with van der Waals surface area (Å²) in [4.78, 5) is 102. The Morgan fingerprint density at radius 2 is 1.32 bits per heavy atom. The molecule has 0 spiro atoms. The van der Waals surface area contributed by atoms with Crippen LogP contribution in [-0.2, 0) is 54.3 Å². The van der Waals surface area contributed by atoms with E-state index in [4.69, 9.17) is 23.7 Å². The molecule has 0 aliphatic carbocycles. The molecule has 1 aliphatic rings. The lowest BCUT2D eigenvalue weighted by Crippen LogP contribution is -2.54. The van der Waals surface area contributed by atoms with E-state index >= 15 is 0 Å². The fourth-order valence-electron chi connectivity index (χ4n) is 10.3. The summed E-state index contributed by atoms with van der Waals surface area (Å²) in [5.41, 5.74) is 1.51. The molecular weight excluding hydrogens is 973 g/mol. The molecule has 12 atom stereocenters. The molecule has 2 aromatic carbocycles. The fraction of sp³-hybridized carbons (Fsp3) is 0.678. The van der Waals surface area contributed by atoms with E-state index in [9.17, 15) is 38.7 Å². The van der Waals surface area contributed by atoms with E-state index in [0.29, 0.717) is 19.4 Å². The van der Waals surface area contributed by atoms with Gasteiger partial charge in [0, 0.05) is 65.5 Å². The first-order valence-corrected chi connectivity index (χ1v) is 27.3. The Bertz CT molecular complexity index is 2160. The third-order valence-electron chi connectivity index (χ3n) is 15.2. The average molecular weight is 1070 g/mol. The molecule has 0 bridgehead atoms. The van der Waals surface area contributed by atoms with Gasteiger partial charge in [-0.25, -0.2) is 14.4 Å². The Morgan fingerprint density at radius 3 is 1.84 bits per heavy atom. The lowest BCUT2D eigenvalue weighted by molar-refractivity contribution is -0.180. The normalized spacial score (nSPS) is 18.1. The van der Waals surface area contributed by atoms with Crippen LogP contribution in [0.2, 0.25) is 0 Å². The maximum Gasteiger partial charge on any atom is 0.413 e. The van der Waals surface area contributed by atoms with Crippen LogP contribution in [0.4, 0.5) is 9.59 Å². The number of amides is 4. The molecule has 3 rings (SSSR count). The van der Waals surface area contributed by atoms with Crippen LogP contribution in [0.15, 0.2) is 60.7 Å². The van der Waals surface area contributed by atoms with E-state index in [1.54, 1.807) is 77.6 Å². The first-order valence-electron chi connectivity index (χ1n) is 27.3. The van der Waals surface area contributed by atoms with E-state index in [2.05, 4.69) is 5.32 Å². The maximum absolute atomic E-state index is 14.8. The first kappa shape index (κ1) is 64.9. The smallest absolute Gasteiger partial charge is 0.413 e. The number of esters is 1.